The Balaban J connectivity index is 2.28. The monoisotopic (exact) mass is 276 g/mol. The first-order chi connectivity index (χ1) is 9.51. The van der Waals surface area contributed by atoms with E-state index < -0.39 is 10.8 Å². The average Bonchev–Trinajstić information content (AvgIpc) is 2.85. The lowest BCUT2D eigenvalue weighted by atomic mass is 10.1. The molecule has 1 aromatic carbocycles. The summed E-state index contributed by atoms with van der Waals surface area (Å²) >= 11 is 0. The van der Waals surface area contributed by atoms with Crippen LogP contribution in [0.25, 0.3) is 0 Å². The smallest absolute Gasteiger partial charge is 0.282 e. The van der Waals surface area contributed by atoms with Gasteiger partial charge in [-0.25, -0.2) is 0 Å². The molecule has 8 heteroatoms. The minimum Gasteiger partial charge on any atom is -0.508 e. The van der Waals surface area contributed by atoms with E-state index in [2.05, 4.69) is 10.4 Å². The van der Waals surface area contributed by atoms with Gasteiger partial charge in [-0.05, 0) is 19.1 Å². The lowest BCUT2D eigenvalue weighted by Crippen LogP contribution is -2.13. The van der Waals surface area contributed by atoms with Crippen LogP contribution in [0.15, 0.2) is 30.6 Å². The maximum atomic E-state index is 12.0. The summed E-state index contributed by atoms with van der Waals surface area (Å²) in [5.41, 5.74) is -0.156. The number of aromatic hydroxyl groups is 1. The van der Waals surface area contributed by atoms with E-state index in [-0.39, 0.29) is 17.0 Å². The van der Waals surface area contributed by atoms with Gasteiger partial charge in [-0.1, -0.05) is 0 Å². The van der Waals surface area contributed by atoms with E-state index in [4.69, 9.17) is 0 Å². The number of benzene rings is 1. The standard InChI is InChI=1S/C12H12N4O4/c1-2-15-7-8(6-13-15)14-12(18)10-5-9(17)3-4-11(10)16(19)20/h3-7,17H,2H2,1H3,(H,14,18). The van der Waals surface area contributed by atoms with Gasteiger partial charge in [-0.15, -0.1) is 0 Å². The van der Waals surface area contributed by atoms with Crippen molar-refractivity contribution in [2.24, 2.45) is 0 Å². The third-order valence-electron chi connectivity index (χ3n) is 2.64. The second-order valence-electron chi connectivity index (χ2n) is 4.00. The van der Waals surface area contributed by atoms with Gasteiger partial charge in [0.1, 0.15) is 11.3 Å². The summed E-state index contributed by atoms with van der Waals surface area (Å²) in [6, 6.07) is 3.29. The molecule has 1 aromatic heterocycles. The third kappa shape index (κ3) is 2.74. The van der Waals surface area contributed by atoms with Crippen molar-refractivity contribution >= 4 is 17.3 Å². The zero-order chi connectivity index (χ0) is 14.7. The van der Waals surface area contributed by atoms with E-state index in [0.717, 1.165) is 18.2 Å². The highest BCUT2D eigenvalue weighted by atomic mass is 16.6. The number of carbonyl (C=O) groups is 1. The van der Waals surface area contributed by atoms with Crippen LogP contribution < -0.4 is 5.32 Å². The molecule has 0 radical (unpaired) electrons. The number of nitrogens with zero attached hydrogens (tertiary/aromatic N) is 3. The number of rotatable bonds is 4. The molecule has 0 saturated carbocycles. The maximum Gasteiger partial charge on any atom is 0.282 e. The first kappa shape index (κ1) is 13.5. The number of anilines is 1. The number of nitro groups is 1. The van der Waals surface area contributed by atoms with Gasteiger partial charge >= 0.3 is 0 Å². The van der Waals surface area contributed by atoms with Gasteiger partial charge in [0, 0.05) is 18.8 Å². The average molecular weight is 276 g/mol. The van der Waals surface area contributed by atoms with Gasteiger partial charge < -0.3 is 10.4 Å². The Hall–Kier alpha value is -2.90. The maximum absolute atomic E-state index is 12.0. The minimum atomic E-state index is -0.678. The SMILES string of the molecule is CCn1cc(NC(=O)c2cc(O)ccc2[N+](=O)[O-])cn1. The normalized spacial score (nSPS) is 10.2. The summed E-state index contributed by atoms with van der Waals surface area (Å²) in [6.45, 7) is 2.53. The van der Waals surface area contributed by atoms with Gasteiger partial charge in [0.2, 0.25) is 0 Å². The molecule has 0 spiro atoms. The largest absolute Gasteiger partial charge is 0.508 e. The van der Waals surface area contributed by atoms with Crippen LogP contribution in [0.3, 0.4) is 0 Å². The first-order valence-electron chi connectivity index (χ1n) is 5.82. The van der Waals surface area contributed by atoms with Crippen LogP contribution in [0, 0.1) is 10.1 Å². The summed E-state index contributed by atoms with van der Waals surface area (Å²) in [6.07, 6.45) is 3.04. The number of aromatic nitrogens is 2. The number of phenols is 1. The molecule has 0 fully saturated rings. The molecule has 1 amide bonds. The lowest BCUT2D eigenvalue weighted by Gasteiger charge is -2.04. The van der Waals surface area contributed by atoms with Crippen LogP contribution in [-0.4, -0.2) is 25.7 Å². The molecule has 8 nitrogen and oxygen atoms in total. The van der Waals surface area contributed by atoms with Crippen LogP contribution in [-0.2, 0) is 6.54 Å². The fraction of sp³-hybridized carbons (Fsp3) is 0.167. The van der Waals surface area contributed by atoms with Crippen molar-refractivity contribution in [3.63, 3.8) is 0 Å². The molecule has 2 aromatic rings. The first-order valence-corrected chi connectivity index (χ1v) is 5.82. The topological polar surface area (TPSA) is 110 Å². The molecule has 0 atom stereocenters. The predicted octanol–water partition coefficient (Wildman–Crippen LogP) is 1.77. The van der Waals surface area contributed by atoms with Gasteiger partial charge in [0.25, 0.3) is 11.6 Å². The number of amides is 1. The number of nitrogens with one attached hydrogen (secondary N) is 1. The molecule has 0 aliphatic heterocycles. The molecule has 0 aliphatic rings. The highest BCUT2D eigenvalue weighted by Crippen LogP contribution is 2.24. The number of hydrogen-bond acceptors (Lipinski definition) is 5. The van der Waals surface area contributed by atoms with Gasteiger partial charge in [0.05, 0.1) is 16.8 Å². The van der Waals surface area contributed by atoms with E-state index in [1.807, 2.05) is 6.92 Å². The van der Waals surface area contributed by atoms with E-state index in [1.54, 1.807) is 10.9 Å². The van der Waals surface area contributed by atoms with E-state index >= 15 is 0 Å². The summed E-state index contributed by atoms with van der Waals surface area (Å²) in [7, 11) is 0. The molecule has 0 bridgehead atoms. The van der Waals surface area contributed by atoms with Gasteiger partial charge in [0.15, 0.2) is 0 Å². The molecule has 2 rings (SSSR count). The highest BCUT2D eigenvalue weighted by Gasteiger charge is 2.21. The molecule has 0 saturated heterocycles. The third-order valence-corrected chi connectivity index (χ3v) is 2.64. The Labute approximate surface area is 113 Å². The Morgan fingerprint density at radius 2 is 2.30 bits per heavy atom. The quantitative estimate of drug-likeness (QED) is 0.653. The van der Waals surface area contributed by atoms with Crippen molar-refractivity contribution < 1.29 is 14.8 Å². The van der Waals surface area contributed by atoms with Crippen molar-refractivity contribution in [3.05, 3.63) is 46.3 Å². The zero-order valence-electron chi connectivity index (χ0n) is 10.6. The molecular formula is C12H12N4O4. The Bertz CT molecular complexity index is 665. The van der Waals surface area contributed by atoms with E-state index in [9.17, 15) is 20.0 Å². The number of nitro benzene ring substituents is 1. The number of hydrogen-bond donors (Lipinski definition) is 2. The highest BCUT2D eigenvalue weighted by molar-refractivity contribution is 6.07. The fourth-order valence-corrected chi connectivity index (χ4v) is 1.66. The predicted molar refractivity (Wildman–Crippen MR) is 70.6 cm³/mol. The molecular weight excluding hydrogens is 264 g/mol. The summed E-state index contributed by atoms with van der Waals surface area (Å²) in [5, 5.41) is 26.7. The van der Waals surface area contributed by atoms with E-state index in [0.29, 0.717) is 12.2 Å². The second kappa shape index (κ2) is 5.39. The van der Waals surface area contributed by atoms with Crippen molar-refractivity contribution in [1.82, 2.24) is 9.78 Å². The molecule has 0 aliphatic carbocycles. The minimum absolute atomic E-state index is 0.209. The van der Waals surface area contributed by atoms with Crippen LogP contribution in [0.5, 0.6) is 5.75 Å². The Kier molecular flexibility index (Phi) is 3.65. The van der Waals surface area contributed by atoms with Crippen LogP contribution in [0.1, 0.15) is 17.3 Å². The second-order valence-corrected chi connectivity index (χ2v) is 4.00. The number of carbonyl (C=O) groups excluding carboxylic acids is 1. The molecule has 0 unspecified atom stereocenters. The summed E-state index contributed by atoms with van der Waals surface area (Å²) < 4.78 is 1.60. The fourth-order valence-electron chi connectivity index (χ4n) is 1.66. The Morgan fingerprint density at radius 3 is 2.90 bits per heavy atom. The van der Waals surface area contributed by atoms with Crippen LogP contribution >= 0.6 is 0 Å². The van der Waals surface area contributed by atoms with Crippen molar-refractivity contribution in [2.45, 2.75) is 13.5 Å². The van der Waals surface area contributed by atoms with Gasteiger partial charge in [-0.3, -0.25) is 19.6 Å². The zero-order valence-corrected chi connectivity index (χ0v) is 10.6. The van der Waals surface area contributed by atoms with Crippen molar-refractivity contribution in [2.75, 3.05) is 5.32 Å². The molecule has 1 heterocycles. The lowest BCUT2D eigenvalue weighted by molar-refractivity contribution is -0.385. The molecule has 20 heavy (non-hydrogen) atoms. The number of aryl methyl sites for hydroxylation is 1. The van der Waals surface area contributed by atoms with Gasteiger partial charge in [-0.2, -0.15) is 5.10 Å². The summed E-state index contributed by atoms with van der Waals surface area (Å²) in [5.74, 6) is -0.895. The van der Waals surface area contributed by atoms with Crippen molar-refractivity contribution in [3.8, 4) is 5.75 Å². The van der Waals surface area contributed by atoms with Crippen LogP contribution in [0.2, 0.25) is 0 Å². The van der Waals surface area contributed by atoms with Crippen LogP contribution in [0.4, 0.5) is 11.4 Å². The Morgan fingerprint density at radius 1 is 1.55 bits per heavy atom. The van der Waals surface area contributed by atoms with E-state index in [1.165, 1.54) is 6.20 Å². The molecule has 2 N–H and O–H groups in total. The summed E-state index contributed by atoms with van der Waals surface area (Å²) in [4.78, 5) is 22.2. The van der Waals surface area contributed by atoms with Crippen molar-refractivity contribution in [1.29, 1.82) is 0 Å². The number of phenolic OH excluding ortho intramolecular Hbond substituents is 1. The molecule has 104 valence electrons.